The van der Waals surface area contributed by atoms with Gasteiger partial charge in [0.2, 0.25) is 11.8 Å². The minimum absolute atomic E-state index is 0.0306. The van der Waals surface area contributed by atoms with Crippen LogP contribution in [0.15, 0.2) is 28.7 Å². The topological polar surface area (TPSA) is 66.9 Å². The molecule has 1 aromatic carbocycles. The van der Waals surface area contributed by atoms with E-state index in [2.05, 4.69) is 15.9 Å². The monoisotopic (exact) mass is 452 g/mol. The molecule has 0 aliphatic carbocycles. The Balaban J connectivity index is 1.92. The summed E-state index contributed by atoms with van der Waals surface area (Å²) in [6, 6.07) is 7.64. The van der Waals surface area contributed by atoms with Crippen LogP contribution in [-0.2, 0) is 24.5 Å². The van der Waals surface area contributed by atoms with Gasteiger partial charge in [0.1, 0.15) is 0 Å². The first-order chi connectivity index (χ1) is 13.2. The smallest absolute Gasteiger partial charge is 0.309 e. The number of nitrogens with zero attached hydrogens (tertiary/aromatic N) is 2. The highest BCUT2D eigenvalue weighted by molar-refractivity contribution is 9.10. The lowest BCUT2D eigenvalue weighted by Gasteiger charge is -2.34. The molecular weight excluding hydrogens is 424 g/mol. The van der Waals surface area contributed by atoms with Gasteiger partial charge in [-0.05, 0) is 51.3 Å². The third kappa shape index (κ3) is 5.34. The Hall–Kier alpha value is -1.89. The van der Waals surface area contributed by atoms with Crippen molar-refractivity contribution in [2.75, 3.05) is 33.3 Å². The molecule has 1 aliphatic rings. The average Bonchev–Trinajstić information content (AvgIpc) is 2.67. The van der Waals surface area contributed by atoms with Gasteiger partial charge in [-0.25, -0.2) is 0 Å². The molecule has 0 aromatic heterocycles. The molecule has 2 rings (SSSR count). The largest absolute Gasteiger partial charge is 0.466 e. The van der Waals surface area contributed by atoms with E-state index in [-0.39, 0.29) is 30.2 Å². The maximum Gasteiger partial charge on any atom is 0.309 e. The van der Waals surface area contributed by atoms with E-state index in [1.807, 2.05) is 38.1 Å². The van der Waals surface area contributed by atoms with Crippen molar-refractivity contribution in [3.05, 3.63) is 34.3 Å². The Labute approximate surface area is 175 Å². The quantitative estimate of drug-likeness (QED) is 0.622. The number of ether oxygens (including phenoxy) is 1. The van der Waals surface area contributed by atoms with Crippen molar-refractivity contribution in [2.24, 2.45) is 5.92 Å². The van der Waals surface area contributed by atoms with Crippen LogP contribution >= 0.6 is 15.9 Å². The van der Waals surface area contributed by atoms with Crippen LogP contribution in [0.1, 0.15) is 39.2 Å². The summed E-state index contributed by atoms with van der Waals surface area (Å²) in [7, 11) is 1.66. The molecule has 1 fully saturated rings. The molecule has 0 spiro atoms. The summed E-state index contributed by atoms with van der Waals surface area (Å²) in [5.41, 5.74) is 0.169. The first kappa shape index (κ1) is 22.4. The van der Waals surface area contributed by atoms with Crippen LogP contribution < -0.4 is 0 Å². The second-order valence-corrected chi connectivity index (χ2v) is 8.62. The standard InChI is InChI=1S/C21H29BrN2O4/c1-5-28-19(26)15-10-12-24(13-11-15)18(25)14-23(4)20(27)21(2,3)16-6-8-17(22)9-7-16/h6-9,15H,5,10-14H2,1-4H3. The van der Waals surface area contributed by atoms with Gasteiger partial charge in [0, 0.05) is 24.6 Å². The normalized spacial score (nSPS) is 15.2. The summed E-state index contributed by atoms with van der Waals surface area (Å²) in [6.45, 7) is 6.96. The van der Waals surface area contributed by atoms with Crippen molar-refractivity contribution >= 4 is 33.7 Å². The molecule has 2 amide bonds. The molecule has 1 heterocycles. The number of piperidine rings is 1. The van der Waals surface area contributed by atoms with Crippen molar-refractivity contribution in [2.45, 2.75) is 39.0 Å². The molecule has 0 N–H and O–H groups in total. The maximum absolute atomic E-state index is 13.0. The fraction of sp³-hybridized carbons (Fsp3) is 0.571. The van der Waals surface area contributed by atoms with Crippen LogP contribution in [-0.4, -0.2) is 60.9 Å². The number of rotatable bonds is 6. The molecule has 1 saturated heterocycles. The predicted molar refractivity (Wildman–Crippen MR) is 111 cm³/mol. The molecule has 1 aliphatic heterocycles. The molecule has 6 nitrogen and oxygen atoms in total. The first-order valence-electron chi connectivity index (χ1n) is 9.62. The van der Waals surface area contributed by atoms with Crippen molar-refractivity contribution in [1.82, 2.24) is 9.80 Å². The lowest BCUT2D eigenvalue weighted by Crippen LogP contribution is -2.48. The third-order valence-electron chi connectivity index (χ3n) is 5.29. The van der Waals surface area contributed by atoms with Crippen molar-refractivity contribution in [3.63, 3.8) is 0 Å². The molecule has 0 saturated carbocycles. The summed E-state index contributed by atoms with van der Waals surface area (Å²) in [6.07, 6.45) is 1.21. The van der Waals surface area contributed by atoms with E-state index in [1.165, 1.54) is 4.90 Å². The van der Waals surface area contributed by atoms with E-state index in [0.717, 1.165) is 10.0 Å². The number of hydrogen-bond donors (Lipinski definition) is 0. The number of benzene rings is 1. The number of likely N-dealkylation sites (N-methyl/N-ethyl adjacent to an activating group) is 1. The third-order valence-corrected chi connectivity index (χ3v) is 5.82. The van der Waals surface area contributed by atoms with Crippen LogP contribution in [0, 0.1) is 5.92 Å². The van der Waals surface area contributed by atoms with E-state index in [1.54, 1.807) is 18.9 Å². The average molecular weight is 453 g/mol. The van der Waals surface area contributed by atoms with Crippen molar-refractivity contribution in [1.29, 1.82) is 0 Å². The molecule has 0 unspecified atom stereocenters. The zero-order valence-electron chi connectivity index (χ0n) is 17.0. The van der Waals surface area contributed by atoms with Gasteiger partial charge in [0.25, 0.3) is 0 Å². The molecule has 1 aromatic rings. The second-order valence-electron chi connectivity index (χ2n) is 7.70. The molecule has 0 bridgehead atoms. The van der Waals surface area contributed by atoms with Crippen LogP contribution in [0.25, 0.3) is 0 Å². The molecular formula is C21H29BrN2O4. The highest BCUT2D eigenvalue weighted by atomic mass is 79.9. The van der Waals surface area contributed by atoms with Gasteiger partial charge in [-0.2, -0.15) is 0 Å². The zero-order chi connectivity index (χ0) is 20.9. The number of carbonyl (C=O) groups is 3. The summed E-state index contributed by atoms with van der Waals surface area (Å²) in [5.74, 6) is -0.521. The second kappa shape index (κ2) is 9.54. The highest BCUT2D eigenvalue weighted by Crippen LogP contribution is 2.27. The lowest BCUT2D eigenvalue weighted by molar-refractivity contribution is -0.151. The summed E-state index contributed by atoms with van der Waals surface area (Å²) in [4.78, 5) is 40.6. The van der Waals surface area contributed by atoms with Gasteiger partial charge in [-0.3, -0.25) is 14.4 Å². The van der Waals surface area contributed by atoms with Crippen molar-refractivity contribution < 1.29 is 19.1 Å². The van der Waals surface area contributed by atoms with Gasteiger partial charge in [-0.15, -0.1) is 0 Å². The van der Waals surface area contributed by atoms with E-state index in [9.17, 15) is 14.4 Å². The minimum atomic E-state index is -0.730. The predicted octanol–water partition coefficient (Wildman–Crippen LogP) is 2.99. The van der Waals surface area contributed by atoms with E-state index < -0.39 is 5.41 Å². The van der Waals surface area contributed by atoms with Gasteiger partial charge in [-0.1, -0.05) is 28.1 Å². The van der Waals surface area contributed by atoms with Crippen LogP contribution in [0.3, 0.4) is 0 Å². The molecule has 28 heavy (non-hydrogen) atoms. The fourth-order valence-corrected chi connectivity index (χ4v) is 3.73. The van der Waals surface area contributed by atoms with Crippen LogP contribution in [0.5, 0.6) is 0 Å². The SMILES string of the molecule is CCOC(=O)C1CCN(C(=O)CN(C)C(=O)C(C)(C)c2ccc(Br)cc2)CC1. The van der Waals surface area contributed by atoms with E-state index in [4.69, 9.17) is 4.74 Å². The first-order valence-corrected chi connectivity index (χ1v) is 10.4. The summed E-state index contributed by atoms with van der Waals surface area (Å²) < 4.78 is 6.01. The van der Waals surface area contributed by atoms with E-state index in [0.29, 0.717) is 32.5 Å². The van der Waals surface area contributed by atoms with Crippen molar-refractivity contribution in [3.8, 4) is 0 Å². The number of esters is 1. The Bertz CT molecular complexity index is 710. The Morgan fingerprint density at radius 2 is 1.75 bits per heavy atom. The number of amides is 2. The lowest BCUT2D eigenvalue weighted by atomic mass is 9.83. The molecule has 154 valence electrons. The molecule has 0 atom stereocenters. The zero-order valence-corrected chi connectivity index (χ0v) is 18.6. The summed E-state index contributed by atoms with van der Waals surface area (Å²) >= 11 is 3.40. The Kier molecular flexibility index (Phi) is 7.63. The Morgan fingerprint density at radius 1 is 1.18 bits per heavy atom. The highest BCUT2D eigenvalue weighted by Gasteiger charge is 2.34. The van der Waals surface area contributed by atoms with Crippen LogP contribution in [0.4, 0.5) is 0 Å². The number of hydrogen-bond acceptors (Lipinski definition) is 4. The molecule has 7 heteroatoms. The van der Waals surface area contributed by atoms with Gasteiger partial charge in [0.15, 0.2) is 0 Å². The number of carbonyl (C=O) groups excluding carboxylic acids is 3. The Morgan fingerprint density at radius 3 is 2.29 bits per heavy atom. The van der Waals surface area contributed by atoms with Gasteiger partial charge >= 0.3 is 5.97 Å². The van der Waals surface area contributed by atoms with Gasteiger partial charge < -0.3 is 14.5 Å². The summed E-state index contributed by atoms with van der Waals surface area (Å²) in [5, 5.41) is 0. The molecule has 0 radical (unpaired) electrons. The number of likely N-dealkylation sites (tertiary alicyclic amines) is 1. The minimum Gasteiger partial charge on any atom is -0.466 e. The number of halogens is 1. The van der Waals surface area contributed by atoms with Gasteiger partial charge in [0.05, 0.1) is 24.5 Å². The fourth-order valence-electron chi connectivity index (χ4n) is 3.47. The van der Waals surface area contributed by atoms with Crippen LogP contribution in [0.2, 0.25) is 0 Å². The van der Waals surface area contributed by atoms with E-state index >= 15 is 0 Å². The maximum atomic E-state index is 13.0.